The Kier molecular flexibility index (Phi) is 21.2. The summed E-state index contributed by atoms with van der Waals surface area (Å²) in [5.41, 5.74) is -1.01. The van der Waals surface area contributed by atoms with E-state index in [1.165, 1.54) is 17.1 Å². The first-order valence-corrected chi connectivity index (χ1v) is 27.6. The van der Waals surface area contributed by atoms with Crippen LogP contribution in [0.2, 0.25) is 0 Å². The first kappa shape index (κ1) is 58.9. The molecule has 77 heavy (non-hydrogen) atoms. The average Bonchev–Trinajstić information content (AvgIpc) is 4.13. The molecule has 22 heteroatoms. The molecule has 5 aliphatic heterocycles. The summed E-state index contributed by atoms with van der Waals surface area (Å²) in [5, 5.41) is 11.0. The standard InChI is InChI=1S/C55H79N7O15/c1-5-47(68)76-54-35-61-33-49(70)77-55(61)29-41(37(3)17-22-60(21-16-36(2)38(54)4)32-48(69)75-52-50(54)51(52)55)12-13-42(63)57-19-23-72-24-25-73-26-27-74-34-44(65)58-30-39-10-9-11-40(28-39)53(71)59-31-43(64)56-18-7-6-8-20-62-45(66)14-15-46(62)67/h9-11,14-15,28,36-38,41,50-52H,5-8,12-13,16-27,29-35H2,1-4H3,(H,56,64)(H,57,63)(H,58,65)(H,59,71). The number of nitrogens with one attached hydrogen (secondary N) is 4. The molecule has 1 aliphatic carbocycles. The number of amides is 6. The van der Waals surface area contributed by atoms with Gasteiger partial charge in [-0.1, -0.05) is 39.8 Å². The summed E-state index contributed by atoms with van der Waals surface area (Å²) in [6, 6.07) is 6.68. The minimum absolute atomic E-state index is 0.00546. The van der Waals surface area contributed by atoms with Gasteiger partial charge in [-0.25, -0.2) is 0 Å². The molecule has 424 valence electrons. The number of carbonyl (C=O) groups is 9. The van der Waals surface area contributed by atoms with Crippen LogP contribution in [0.15, 0.2) is 36.4 Å². The van der Waals surface area contributed by atoms with Gasteiger partial charge >= 0.3 is 17.9 Å². The van der Waals surface area contributed by atoms with E-state index in [0.29, 0.717) is 89.1 Å². The van der Waals surface area contributed by atoms with E-state index in [1.54, 1.807) is 31.2 Å². The Hall–Kier alpha value is -5.81. The van der Waals surface area contributed by atoms with Gasteiger partial charge in [0.15, 0.2) is 5.72 Å². The minimum atomic E-state index is -1.05. The molecule has 0 aromatic heterocycles. The highest BCUT2D eigenvalue weighted by molar-refractivity contribution is 6.12. The number of rotatable bonds is 27. The molecule has 4 N–H and O–H groups in total. The number of piperidine rings is 1. The number of ether oxygens (including phenoxy) is 6. The molecule has 6 aliphatic rings. The number of unbranched alkanes of at least 4 members (excludes halogenated alkanes) is 2. The van der Waals surface area contributed by atoms with Crippen LogP contribution in [0.25, 0.3) is 0 Å². The highest BCUT2D eigenvalue weighted by Gasteiger charge is 2.81. The lowest BCUT2D eigenvalue weighted by atomic mass is 9.70. The maximum absolute atomic E-state index is 13.5. The summed E-state index contributed by atoms with van der Waals surface area (Å²) in [6.07, 6.45) is 6.99. The van der Waals surface area contributed by atoms with Crippen molar-refractivity contribution >= 4 is 53.4 Å². The lowest BCUT2D eigenvalue weighted by molar-refractivity contribution is -0.215. The third-order valence-electron chi connectivity index (χ3n) is 16.3. The van der Waals surface area contributed by atoms with Gasteiger partial charge < -0.3 is 49.7 Å². The number of nitrogens with zero attached hydrogens (tertiary/aromatic N) is 3. The van der Waals surface area contributed by atoms with E-state index in [0.717, 1.165) is 12.8 Å². The quantitative estimate of drug-likeness (QED) is 0.0422. The van der Waals surface area contributed by atoms with Gasteiger partial charge in [0.05, 0.1) is 52.0 Å². The molecule has 1 spiro atoms. The van der Waals surface area contributed by atoms with E-state index >= 15 is 0 Å². The maximum atomic E-state index is 13.5. The highest BCUT2D eigenvalue weighted by atomic mass is 16.6. The predicted molar refractivity (Wildman–Crippen MR) is 276 cm³/mol. The van der Waals surface area contributed by atoms with Crippen molar-refractivity contribution in [2.24, 2.45) is 35.5 Å². The van der Waals surface area contributed by atoms with E-state index in [9.17, 15) is 43.2 Å². The minimum Gasteiger partial charge on any atom is -0.460 e. The van der Waals surface area contributed by atoms with Crippen molar-refractivity contribution in [3.63, 3.8) is 0 Å². The van der Waals surface area contributed by atoms with Crippen LogP contribution in [0, 0.1) is 35.5 Å². The molecule has 5 fully saturated rings. The average molecular weight is 1080 g/mol. The number of hydrogen-bond donors (Lipinski definition) is 4. The summed E-state index contributed by atoms with van der Waals surface area (Å²) in [5.74, 6) is -3.38. The van der Waals surface area contributed by atoms with Gasteiger partial charge in [0, 0.05) is 81.5 Å². The van der Waals surface area contributed by atoms with Crippen LogP contribution in [0.4, 0.5) is 0 Å². The monoisotopic (exact) mass is 1080 g/mol. The Morgan fingerprint density at radius 1 is 0.753 bits per heavy atom. The first-order chi connectivity index (χ1) is 37.0. The molecule has 0 radical (unpaired) electrons. The van der Waals surface area contributed by atoms with Crippen molar-refractivity contribution in [1.82, 2.24) is 36.0 Å². The van der Waals surface area contributed by atoms with E-state index in [1.807, 2.05) is 0 Å². The van der Waals surface area contributed by atoms with Crippen LogP contribution in [0.1, 0.15) is 101 Å². The highest BCUT2D eigenvalue weighted by Crippen LogP contribution is 2.66. The first-order valence-electron chi connectivity index (χ1n) is 27.6. The fourth-order valence-electron chi connectivity index (χ4n) is 11.7. The zero-order chi connectivity index (χ0) is 55.1. The van der Waals surface area contributed by atoms with Crippen molar-refractivity contribution in [3.8, 4) is 0 Å². The summed E-state index contributed by atoms with van der Waals surface area (Å²) in [6.45, 7) is 12.2. The number of benzene rings is 1. The SMILES string of the molecule is CCC(=O)OC12CN3CC(=O)OC34CC(CCC(=O)NCCOCCOCCOCC(=O)NCc3cccc(C(=O)NCC(=O)NCCCCCN5C(=O)C=CC5=O)c3)C(C)CCN(CCC(C)C1C)CC(=O)OC1C2C14. The number of esters is 3. The Balaban J connectivity index is 0.749. The Morgan fingerprint density at radius 3 is 2.22 bits per heavy atom. The lowest BCUT2D eigenvalue weighted by Crippen LogP contribution is -2.64. The second-order valence-corrected chi connectivity index (χ2v) is 21.4. The molecule has 10 atom stereocenters. The van der Waals surface area contributed by atoms with Gasteiger partial charge in [-0.05, 0) is 87.1 Å². The van der Waals surface area contributed by atoms with Gasteiger partial charge in [0.25, 0.3) is 17.7 Å². The van der Waals surface area contributed by atoms with Crippen LogP contribution in [-0.2, 0) is 73.3 Å². The van der Waals surface area contributed by atoms with Gasteiger partial charge in [-0.3, -0.25) is 57.9 Å². The third kappa shape index (κ3) is 15.5. The zero-order valence-electron chi connectivity index (χ0n) is 45.1. The van der Waals surface area contributed by atoms with E-state index < -0.39 is 23.3 Å². The van der Waals surface area contributed by atoms with E-state index in [2.05, 4.69) is 51.8 Å². The molecule has 7 rings (SSSR count). The Labute approximate surface area is 450 Å². The lowest BCUT2D eigenvalue weighted by Gasteiger charge is -2.52. The van der Waals surface area contributed by atoms with Gasteiger partial charge in [0.2, 0.25) is 17.7 Å². The van der Waals surface area contributed by atoms with Crippen molar-refractivity contribution in [2.75, 3.05) is 98.5 Å². The second-order valence-electron chi connectivity index (χ2n) is 21.4. The maximum Gasteiger partial charge on any atom is 0.322 e. The van der Waals surface area contributed by atoms with Gasteiger partial charge in [0.1, 0.15) is 24.9 Å². The topological polar surface area (TPSA) is 267 Å². The largest absolute Gasteiger partial charge is 0.460 e. The molecule has 1 aromatic rings. The summed E-state index contributed by atoms with van der Waals surface area (Å²) in [7, 11) is 0. The van der Waals surface area contributed by atoms with Crippen molar-refractivity contribution in [1.29, 1.82) is 0 Å². The smallest absolute Gasteiger partial charge is 0.322 e. The number of fused-ring (bicyclic) bond motifs is 3. The van der Waals surface area contributed by atoms with Crippen LogP contribution >= 0.6 is 0 Å². The fraction of sp³-hybridized carbons (Fsp3) is 0.691. The number of carbonyl (C=O) groups excluding carboxylic acids is 9. The second kappa shape index (κ2) is 27.7. The number of hydrogen-bond acceptors (Lipinski definition) is 17. The Morgan fingerprint density at radius 2 is 1.47 bits per heavy atom. The molecule has 2 bridgehead atoms. The molecule has 4 saturated heterocycles. The van der Waals surface area contributed by atoms with Gasteiger partial charge in [-0.15, -0.1) is 0 Å². The van der Waals surface area contributed by atoms with Crippen LogP contribution in [0.3, 0.4) is 0 Å². The third-order valence-corrected chi connectivity index (χ3v) is 16.3. The fourth-order valence-corrected chi connectivity index (χ4v) is 11.7. The molecule has 1 saturated carbocycles. The van der Waals surface area contributed by atoms with Crippen molar-refractivity contribution in [2.45, 2.75) is 109 Å². The van der Waals surface area contributed by atoms with Crippen molar-refractivity contribution < 1.29 is 71.6 Å². The molecular weight excluding hydrogens is 999 g/mol. The molecule has 1 aromatic carbocycles. The van der Waals surface area contributed by atoms with Crippen LogP contribution in [0.5, 0.6) is 0 Å². The molecule has 6 amide bonds. The normalized spacial score (nSPS) is 28.6. The van der Waals surface area contributed by atoms with Crippen molar-refractivity contribution in [3.05, 3.63) is 47.5 Å². The number of imide groups is 1. The van der Waals surface area contributed by atoms with E-state index in [-0.39, 0.29) is 155 Å². The van der Waals surface area contributed by atoms with Crippen LogP contribution in [-0.4, -0.2) is 184 Å². The zero-order valence-corrected chi connectivity index (χ0v) is 45.1. The van der Waals surface area contributed by atoms with Gasteiger partial charge in [-0.2, -0.15) is 0 Å². The van der Waals surface area contributed by atoms with E-state index in [4.69, 9.17) is 28.4 Å². The molecule has 10 unspecified atom stereocenters. The molecule has 5 heterocycles. The summed E-state index contributed by atoms with van der Waals surface area (Å²) < 4.78 is 35.8. The van der Waals surface area contributed by atoms with Crippen LogP contribution < -0.4 is 21.3 Å². The summed E-state index contributed by atoms with van der Waals surface area (Å²) >= 11 is 0. The molecular formula is C55H79N7O15. The summed E-state index contributed by atoms with van der Waals surface area (Å²) in [4.78, 5) is 119. The predicted octanol–water partition coefficient (Wildman–Crippen LogP) is 1.63. The Bertz CT molecular complexity index is 2320. The molecule has 22 nitrogen and oxygen atoms in total.